The van der Waals surface area contributed by atoms with Gasteiger partial charge in [0.25, 0.3) is 0 Å². The number of nitrogens with one attached hydrogen (secondary N) is 2. The maximum Gasteiger partial charge on any atom is 0.243 e. The number of hydrazine groups is 1. The Morgan fingerprint density at radius 3 is 1.85 bits per heavy atom. The van der Waals surface area contributed by atoms with Crippen molar-refractivity contribution in [1.82, 2.24) is 10.9 Å². The van der Waals surface area contributed by atoms with E-state index < -0.39 is 5.41 Å². The predicted octanol–water partition coefficient (Wildman–Crippen LogP) is 0.836. The van der Waals surface area contributed by atoms with E-state index in [1.54, 1.807) is 34.6 Å². The largest absolute Gasteiger partial charge is 0.273 e. The van der Waals surface area contributed by atoms with Crippen molar-refractivity contribution in [3.63, 3.8) is 0 Å². The van der Waals surface area contributed by atoms with E-state index in [1.807, 2.05) is 0 Å². The van der Waals surface area contributed by atoms with E-state index in [2.05, 4.69) is 10.9 Å². The molecule has 4 heteroatoms. The molecule has 4 nitrogen and oxygen atoms in total. The Balaban J connectivity index is 3.92. The summed E-state index contributed by atoms with van der Waals surface area (Å²) in [6, 6.07) is 0. The maximum atomic E-state index is 11.3. The van der Waals surface area contributed by atoms with Crippen molar-refractivity contribution in [2.45, 2.75) is 34.6 Å². The lowest BCUT2D eigenvalue weighted by Gasteiger charge is -2.18. The summed E-state index contributed by atoms with van der Waals surface area (Å²) in [5.41, 5.74) is 4.23. The molecule has 0 aliphatic rings. The monoisotopic (exact) mass is 186 g/mol. The van der Waals surface area contributed by atoms with Gasteiger partial charge in [-0.25, -0.2) is 0 Å². The third kappa shape index (κ3) is 4.50. The van der Waals surface area contributed by atoms with Gasteiger partial charge in [-0.2, -0.15) is 0 Å². The Kier molecular flexibility index (Phi) is 3.91. The van der Waals surface area contributed by atoms with Gasteiger partial charge in [0.1, 0.15) is 0 Å². The molecule has 0 unspecified atom stereocenters. The first kappa shape index (κ1) is 11.9. The third-order valence-corrected chi connectivity index (χ3v) is 1.50. The lowest BCUT2D eigenvalue weighted by molar-refractivity contribution is -0.134. The Labute approximate surface area is 79.1 Å². The van der Waals surface area contributed by atoms with E-state index in [-0.39, 0.29) is 17.7 Å². The number of rotatable bonds is 1. The zero-order valence-electron chi connectivity index (χ0n) is 8.89. The number of hydrogen-bond donors (Lipinski definition) is 2. The van der Waals surface area contributed by atoms with Crippen LogP contribution in [0.2, 0.25) is 0 Å². The van der Waals surface area contributed by atoms with Gasteiger partial charge in [0, 0.05) is 11.3 Å². The van der Waals surface area contributed by atoms with Crippen LogP contribution >= 0.6 is 0 Å². The van der Waals surface area contributed by atoms with Crippen LogP contribution in [0.15, 0.2) is 0 Å². The Morgan fingerprint density at radius 2 is 1.54 bits per heavy atom. The molecule has 2 amide bonds. The zero-order chi connectivity index (χ0) is 10.6. The first-order valence-electron chi connectivity index (χ1n) is 4.35. The van der Waals surface area contributed by atoms with Crippen LogP contribution in [0.1, 0.15) is 34.6 Å². The van der Waals surface area contributed by atoms with Crippen molar-refractivity contribution < 1.29 is 9.59 Å². The summed E-state index contributed by atoms with van der Waals surface area (Å²) in [5, 5.41) is 0. The highest BCUT2D eigenvalue weighted by Gasteiger charge is 2.21. The lowest BCUT2D eigenvalue weighted by atomic mass is 9.96. The van der Waals surface area contributed by atoms with E-state index in [0.717, 1.165) is 0 Å². The second kappa shape index (κ2) is 4.25. The van der Waals surface area contributed by atoms with Gasteiger partial charge in [0.15, 0.2) is 0 Å². The molecule has 0 saturated carbocycles. The molecular formula is C9H18N2O2. The fraction of sp³-hybridized carbons (Fsp3) is 0.778. The SMILES string of the molecule is CC(C)C(=O)NNC(=O)C(C)(C)C. The molecule has 76 valence electrons. The van der Waals surface area contributed by atoms with Gasteiger partial charge < -0.3 is 0 Å². The summed E-state index contributed by atoms with van der Waals surface area (Å²) in [5.74, 6) is -0.501. The fourth-order valence-electron chi connectivity index (χ4n) is 0.450. The van der Waals surface area contributed by atoms with E-state index >= 15 is 0 Å². The van der Waals surface area contributed by atoms with E-state index in [1.165, 1.54) is 0 Å². The molecule has 0 bridgehead atoms. The molecule has 0 saturated heterocycles. The van der Waals surface area contributed by atoms with Crippen LogP contribution in [0.4, 0.5) is 0 Å². The van der Waals surface area contributed by atoms with Crippen molar-refractivity contribution in [1.29, 1.82) is 0 Å². The van der Waals surface area contributed by atoms with Crippen molar-refractivity contribution >= 4 is 11.8 Å². The summed E-state index contributed by atoms with van der Waals surface area (Å²) in [4.78, 5) is 22.3. The van der Waals surface area contributed by atoms with Gasteiger partial charge in [-0.1, -0.05) is 34.6 Å². The molecule has 0 heterocycles. The molecule has 0 atom stereocenters. The number of carbonyl (C=O) groups excluding carboxylic acids is 2. The Bertz CT molecular complexity index is 204. The maximum absolute atomic E-state index is 11.3. The lowest BCUT2D eigenvalue weighted by Crippen LogP contribution is -2.47. The summed E-state index contributed by atoms with van der Waals surface area (Å²) >= 11 is 0. The summed E-state index contributed by atoms with van der Waals surface area (Å²) < 4.78 is 0. The average Bonchev–Trinajstić information content (AvgIpc) is 1.97. The van der Waals surface area contributed by atoms with Gasteiger partial charge in [0.05, 0.1) is 0 Å². The molecule has 0 aliphatic carbocycles. The quantitative estimate of drug-likeness (QED) is 0.596. The highest BCUT2D eigenvalue weighted by Crippen LogP contribution is 2.11. The molecule has 13 heavy (non-hydrogen) atoms. The molecule has 2 N–H and O–H groups in total. The Hall–Kier alpha value is -1.06. The minimum Gasteiger partial charge on any atom is -0.273 e. The number of amides is 2. The summed E-state index contributed by atoms with van der Waals surface area (Å²) in [7, 11) is 0. The van der Waals surface area contributed by atoms with Crippen molar-refractivity contribution in [2.75, 3.05) is 0 Å². The number of hydrogen-bond acceptors (Lipinski definition) is 2. The fourth-order valence-corrected chi connectivity index (χ4v) is 0.450. The second-order valence-electron chi connectivity index (χ2n) is 4.35. The molecule has 0 rings (SSSR count). The van der Waals surface area contributed by atoms with Crippen molar-refractivity contribution in [2.24, 2.45) is 11.3 Å². The van der Waals surface area contributed by atoms with Gasteiger partial charge >= 0.3 is 0 Å². The van der Waals surface area contributed by atoms with Crippen LogP contribution in [-0.4, -0.2) is 11.8 Å². The molecule has 0 aromatic carbocycles. The molecule has 0 radical (unpaired) electrons. The predicted molar refractivity (Wildman–Crippen MR) is 50.6 cm³/mol. The third-order valence-electron chi connectivity index (χ3n) is 1.50. The van der Waals surface area contributed by atoms with Crippen LogP contribution in [-0.2, 0) is 9.59 Å². The van der Waals surface area contributed by atoms with Gasteiger partial charge in [-0.05, 0) is 0 Å². The van der Waals surface area contributed by atoms with E-state index in [0.29, 0.717) is 0 Å². The summed E-state index contributed by atoms with van der Waals surface area (Å²) in [6.07, 6.45) is 0. The molecule has 0 aromatic heterocycles. The van der Waals surface area contributed by atoms with Crippen LogP contribution in [0.25, 0.3) is 0 Å². The smallest absolute Gasteiger partial charge is 0.243 e. The van der Waals surface area contributed by atoms with E-state index in [4.69, 9.17) is 0 Å². The standard InChI is InChI=1S/C9H18N2O2/c1-6(2)7(12)10-11-8(13)9(3,4)5/h6H,1-5H3,(H,10,12)(H,11,13). The topological polar surface area (TPSA) is 58.2 Å². The van der Waals surface area contributed by atoms with Gasteiger partial charge in [-0.3, -0.25) is 20.4 Å². The normalized spacial score (nSPS) is 11.2. The zero-order valence-corrected chi connectivity index (χ0v) is 8.89. The molecule has 0 aliphatic heterocycles. The molecule has 0 aromatic rings. The highest BCUT2D eigenvalue weighted by atomic mass is 16.2. The summed E-state index contributed by atoms with van der Waals surface area (Å²) in [6.45, 7) is 8.87. The number of carbonyl (C=O) groups is 2. The van der Waals surface area contributed by atoms with Gasteiger partial charge in [-0.15, -0.1) is 0 Å². The minimum absolute atomic E-state index is 0.125. The second-order valence-corrected chi connectivity index (χ2v) is 4.35. The first-order valence-corrected chi connectivity index (χ1v) is 4.35. The van der Waals surface area contributed by atoms with Crippen LogP contribution in [0.5, 0.6) is 0 Å². The van der Waals surface area contributed by atoms with Crippen molar-refractivity contribution in [3.8, 4) is 0 Å². The van der Waals surface area contributed by atoms with E-state index in [9.17, 15) is 9.59 Å². The minimum atomic E-state index is -0.482. The highest BCUT2D eigenvalue weighted by molar-refractivity contribution is 5.85. The average molecular weight is 186 g/mol. The van der Waals surface area contributed by atoms with Crippen LogP contribution < -0.4 is 10.9 Å². The molecular weight excluding hydrogens is 168 g/mol. The molecule has 0 spiro atoms. The Morgan fingerprint density at radius 1 is 1.08 bits per heavy atom. The van der Waals surface area contributed by atoms with Gasteiger partial charge in [0.2, 0.25) is 11.8 Å². The van der Waals surface area contributed by atoms with Crippen LogP contribution in [0, 0.1) is 11.3 Å². The van der Waals surface area contributed by atoms with Crippen LogP contribution in [0.3, 0.4) is 0 Å². The van der Waals surface area contributed by atoms with Crippen molar-refractivity contribution in [3.05, 3.63) is 0 Å². The first-order chi connectivity index (χ1) is 5.75. The molecule has 0 fully saturated rings.